The predicted octanol–water partition coefficient (Wildman–Crippen LogP) is -0.473. The molecule has 5 heteroatoms. The van der Waals surface area contributed by atoms with E-state index in [1.165, 1.54) is 0 Å². The van der Waals surface area contributed by atoms with Gasteiger partial charge in [-0.15, -0.1) is 0 Å². The average Bonchev–Trinajstić information content (AvgIpc) is 2.38. The lowest BCUT2D eigenvalue weighted by molar-refractivity contribution is -0.140. The van der Waals surface area contributed by atoms with E-state index in [9.17, 15) is 4.79 Å². The first-order valence-electron chi connectivity index (χ1n) is 6.52. The molecular formula is C12H23N3O2. The number of nitrogens with one attached hydrogen (secondary N) is 1. The predicted molar refractivity (Wildman–Crippen MR) is 65.9 cm³/mol. The van der Waals surface area contributed by atoms with Gasteiger partial charge in [0.25, 0.3) is 0 Å². The first kappa shape index (κ1) is 12.8. The summed E-state index contributed by atoms with van der Waals surface area (Å²) in [7, 11) is 0. The fourth-order valence-corrected chi connectivity index (χ4v) is 2.52. The monoisotopic (exact) mass is 241 g/mol. The van der Waals surface area contributed by atoms with Crippen LogP contribution in [0.25, 0.3) is 0 Å². The van der Waals surface area contributed by atoms with E-state index in [1.54, 1.807) is 0 Å². The van der Waals surface area contributed by atoms with Gasteiger partial charge in [-0.2, -0.15) is 0 Å². The smallest absolute Gasteiger partial charge is 0.239 e. The van der Waals surface area contributed by atoms with Crippen LogP contribution in [0.15, 0.2) is 0 Å². The van der Waals surface area contributed by atoms with Crippen LogP contribution in [0, 0.1) is 0 Å². The van der Waals surface area contributed by atoms with Crippen LogP contribution in [-0.4, -0.2) is 73.7 Å². The Balaban J connectivity index is 1.89. The molecule has 1 N–H and O–H groups in total. The maximum atomic E-state index is 12.3. The highest BCUT2D eigenvalue weighted by atomic mass is 16.5. The highest BCUT2D eigenvalue weighted by Crippen LogP contribution is 2.09. The molecule has 0 aromatic carbocycles. The van der Waals surface area contributed by atoms with Crippen molar-refractivity contribution in [1.29, 1.82) is 0 Å². The van der Waals surface area contributed by atoms with E-state index < -0.39 is 0 Å². The summed E-state index contributed by atoms with van der Waals surface area (Å²) >= 11 is 0. The SMILES string of the molecule is CC(C(=O)N1CCOCC1)N1CCN[C@@H](C)C1. The molecule has 17 heavy (non-hydrogen) atoms. The van der Waals surface area contributed by atoms with Crippen LogP contribution in [0.5, 0.6) is 0 Å². The van der Waals surface area contributed by atoms with Crippen molar-refractivity contribution in [3.63, 3.8) is 0 Å². The molecule has 5 nitrogen and oxygen atoms in total. The number of morpholine rings is 1. The lowest BCUT2D eigenvalue weighted by Crippen LogP contribution is -2.57. The minimum atomic E-state index is -0.00218. The van der Waals surface area contributed by atoms with E-state index in [-0.39, 0.29) is 11.9 Å². The molecule has 1 unspecified atom stereocenters. The Morgan fingerprint density at radius 1 is 1.35 bits per heavy atom. The number of amides is 1. The van der Waals surface area contributed by atoms with Crippen LogP contribution in [0.4, 0.5) is 0 Å². The Bertz CT molecular complexity index is 266. The van der Waals surface area contributed by atoms with Crippen molar-refractivity contribution >= 4 is 5.91 Å². The van der Waals surface area contributed by atoms with Crippen molar-refractivity contribution in [3.05, 3.63) is 0 Å². The Hall–Kier alpha value is -0.650. The van der Waals surface area contributed by atoms with Gasteiger partial charge < -0.3 is 15.0 Å². The Morgan fingerprint density at radius 3 is 2.71 bits per heavy atom. The number of hydrogen-bond acceptors (Lipinski definition) is 4. The van der Waals surface area contributed by atoms with Crippen LogP contribution >= 0.6 is 0 Å². The van der Waals surface area contributed by atoms with E-state index >= 15 is 0 Å². The molecule has 0 aromatic rings. The molecule has 1 amide bonds. The number of hydrogen-bond donors (Lipinski definition) is 1. The molecule has 0 bridgehead atoms. The molecule has 2 aliphatic rings. The Kier molecular flexibility index (Phi) is 4.36. The number of nitrogens with zero attached hydrogens (tertiary/aromatic N) is 2. The van der Waals surface area contributed by atoms with Gasteiger partial charge in [0.15, 0.2) is 0 Å². The second kappa shape index (κ2) is 5.80. The van der Waals surface area contributed by atoms with E-state index in [2.05, 4.69) is 17.1 Å². The van der Waals surface area contributed by atoms with Gasteiger partial charge in [-0.3, -0.25) is 9.69 Å². The molecule has 0 aliphatic carbocycles. The fraction of sp³-hybridized carbons (Fsp3) is 0.917. The molecular weight excluding hydrogens is 218 g/mol. The van der Waals surface area contributed by atoms with Gasteiger partial charge in [-0.05, 0) is 13.8 Å². The molecule has 2 saturated heterocycles. The van der Waals surface area contributed by atoms with Crippen molar-refractivity contribution in [2.24, 2.45) is 0 Å². The molecule has 2 rings (SSSR count). The number of carbonyl (C=O) groups excluding carboxylic acids is 1. The zero-order chi connectivity index (χ0) is 12.3. The summed E-state index contributed by atoms with van der Waals surface area (Å²) in [5.74, 6) is 0.252. The number of carbonyl (C=O) groups is 1. The van der Waals surface area contributed by atoms with E-state index in [1.807, 2.05) is 11.8 Å². The third-order valence-electron chi connectivity index (χ3n) is 3.63. The van der Waals surface area contributed by atoms with Crippen molar-refractivity contribution in [1.82, 2.24) is 15.1 Å². The maximum absolute atomic E-state index is 12.3. The van der Waals surface area contributed by atoms with Gasteiger partial charge in [0.1, 0.15) is 0 Å². The first-order chi connectivity index (χ1) is 8.18. The summed E-state index contributed by atoms with van der Waals surface area (Å²) in [6.45, 7) is 9.91. The normalized spacial score (nSPS) is 29.1. The van der Waals surface area contributed by atoms with E-state index in [4.69, 9.17) is 4.74 Å². The van der Waals surface area contributed by atoms with Gasteiger partial charge >= 0.3 is 0 Å². The van der Waals surface area contributed by atoms with Crippen molar-refractivity contribution in [3.8, 4) is 0 Å². The van der Waals surface area contributed by atoms with Crippen LogP contribution < -0.4 is 5.32 Å². The Labute approximate surface area is 103 Å². The molecule has 0 radical (unpaired) electrons. The second-order valence-corrected chi connectivity index (χ2v) is 4.96. The van der Waals surface area contributed by atoms with Crippen molar-refractivity contribution in [2.45, 2.75) is 25.9 Å². The van der Waals surface area contributed by atoms with Crippen LogP contribution in [0.3, 0.4) is 0 Å². The fourth-order valence-electron chi connectivity index (χ4n) is 2.52. The van der Waals surface area contributed by atoms with Crippen molar-refractivity contribution in [2.75, 3.05) is 45.9 Å². The number of rotatable bonds is 2. The molecule has 2 aliphatic heterocycles. The quantitative estimate of drug-likeness (QED) is 0.710. The molecule has 2 fully saturated rings. The van der Waals surface area contributed by atoms with Gasteiger partial charge in [0, 0.05) is 38.8 Å². The standard InChI is InChI=1S/C12H23N3O2/c1-10-9-15(4-3-13-10)11(2)12(16)14-5-7-17-8-6-14/h10-11,13H,3-9H2,1-2H3/t10-,11?/m0/s1. The molecule has 98 valence electrons. The minimum Gasteiger partial charge on any atom is -0.378 e. The Morgan fingerprint density at radius 2 is 2.06 bits per heavy atom. The second-order valence-electron chi connectivity index (χ2n) is 4.96. The zero-order valence-electron chi connectivity index (χ0n) is 10.8. The molecule has 0 spiro atoms. The van der Waals surface area contributed by atoms with E-state index in [0.717, 1.165) is 32.7 Å². The lowest BCUT2D eigenvalue weighted by Gasteiger charge is -2.38. The van der Waals surface area contributed by atoms with Gasteiger partial charge in [-0.1, -0.05) is 0 Å². The molecule has 0 saturated carbocycles. The molecule has 0 aromatic heterocycles. The number of piperazine rings is 1. The summed E-state index contributed by atoms with van der Waals surface area (Å²) in [4.78, 5) is 16.5. The van der Waals surface area contributed by atoms with Gasteiger partial charge in [0.05, 0.1) is 19.3 Å². The molecule has 2 atom stereocenters. The average molecular weight is 241 g/mol. The first-order valence-corrected chi connectivity index (χ1v) is 6.52. The zero-order valence-corrected chi connectivity index (χ0v) is 10.8. The minimum absolute atomic E-state index is 0.00218. The summed E-state index contributed by atoms with van der Waals surface area (Å²) in [5, 5.41) is 3.40. The summed E-state index contributed by atoms with van der Waals surface area (Å²) in [6.07, 6.45) is 0. The summed E-state index contributed by atoms with van der Waals surface area (Å²) in [5.41, 5.74) is 0. The van der Waals surface area contributed by atoms with Crippen LogP contribution in [0.1, 0.15) is 13.8 Å². The third kappa shape index (κ3) is 3.18. The number of ether oxygens (including phenoxy) is 1. The van der Waals surface area contributed by atoms with Gasteiger partial charge in [-0.25, -0.2) is 0 Å². The highest BCUT2D eigenvalue weighted by molar-refractivity contribution is 5.81. The summed E-state index contributed by atoms with van der Waals surface area (Å²) in [6, 6.07) is 0.473. The van der Waals surface area contributed by atoms with Crippen LogP contribution in [0.2, 0.25) is 0 Å². The maximum Gasteiger partial charge on any atom is 0.239 e. The van der Waals surface area contributed by atoms with E-state index in [0.29, 0.717) is 19.3 Å². The molecule has 2 heterocycles. The topological polar surface area (TPSA) is 44.8 Å². The van der Waals surface area contributed by atoms with Crippen molar-refractivity contribution < 1.29 is 9.53 Å². The van der Waals surface area contributed by atoms with Gasteiger partial charge in [0.2, 0.25) is 5.91 Å². The summed E-state index contributed by atoms with van der Waals surface area (Å²) < 4.78 is 5.27. The largest absolute Gasteiger partial charge is 0.378 e. The van der Waals surface area contributed by atoms with Crippen LogP contribution in [-0.2, 0) is 9.53 Å². The lowest BCUT2D eigenvalue weighted by atomic mass is 10.1. The third-order valence-corrected chi connectivity index (χ3v) is 3.63. The highest BCUT2D eigenvalue weighted by Gasteiger charge is 2.29.